The molecule has 0 saturated heterocycles. The van der Waals surface area contributed by atoms with E-state index in [-0.39, 0.29) is 11.7 Å². The largest absolute Gasteiger partial charge is 0.493 e. The highest BCUT2D eigenvalue weighted by Gasteiger charge is 2.21. The lowest BCUT2D eigenvalue weighted by atomic mass is 10.1. The van der Waals surface area contributed by atoms with Crippen LogP contribution in [-0.2, 0) is 4.79 Å². The molecular formula is C26H23Cl2N5O4S. The summed E-state index contributed by atoms with van der Waals surface area (Å²) < 4.78 is 18.3. The number of rotatable bonds is 10. The number of hydrogen-bond acceptors (Lipinski definition) is 8. The van der Waals surface area contributed by atoms with Crippen LogP contribution in [0.2, 0.25) is 10.0 Å². The van der Waals surface area contributed by atoms with Crippen molar-refractivity contribution in [3.8, 4) is 34.3 Å². The molecule has 1 aromatic heterocycles. The maximum atomic E-state index is 12.5. The molecule has 0 aliphatic carbocycles. The number of aromatic nitrogens is 3. The van der Waals surface area contributed by atoms with E-state index in [0.717, 1.165) is 5.69 Å². The molecule has 1 amide bonds. The zero-order chi connectivity index (χ0) is 27.1. The first kappa shape index (κ1) is 27.3. The fourth-order valence-corrected chi connectivity index (χ4v) is 4.71. The molecule has 4 rings (SSSR count). The van der Waals surface area contributed by atoms with Crippen LogP contribution in [0, 0.1) is 0 Å². The third kappa shape index (κ3) is 6.21. The van der Waals surface area contributed by atoms with Gasteiger partial charge < -0.3 is 14.2 Å². The molecule has 12 heteroatoms. The fraction of sp³-hybridized carbons (Fsp3) is 0.154. The van der Waals surface area contributed by atoms with Gasteiger partial charge in [-0.2, -0.15) is 5.10 Å². The van der Waals surface area contributed by atoms with E-state index in [1.165, 1.54) is 18.0 Å². The van der Waals surface area contributed by atoms with Gasteiger partial charge in [0.25, 0.3) is 5.91 Å². The Kier molecular flexibility index (Phi) is 9.11. The second kappa shape index (κ2) is 12.7. The third-order valence-electron chi connectivity index (χ3n) is 5.26. The van der Waals surface area contributed by atoms with E-state index in [9.17, 15) is 4.79 Å². The first-order valence-corrected chi connectivity index (χ1v) is 12.9. The topological polar surface area (TPSA) is 99.9 Å². The number of nitrogens with one attached hydrogen (secondary N) is 1. The van der Waals surface area contributed by atoms with Gasteiger partial charge in [0.15, 0.2) is 22.5 Å². The highest BCUT2D eigenvalue weighted by atomic mass is 35.5. The minimum Gasteiger partial charge on any atom is -0.493 e. The summed E-state index contributed by atoms with van der Waals surface area (Å²) >= 11 is 13.3. The summed E-state index contributed by atoms with van der Waals surface area (Å²) in [5.41, 5.74) is 4.64. The molecule has 0 saturated carbocycles. The zero-order valence-corrected chi connectivity index (χ0v) is 23.0. The van der Waals surface area contributed by atoms with E-state index in [1.807, 2.05) is 34.9 Å². The molecule has 1 N–H and O–H groups in total. The minimum atomic E-state index is -0.326. The predicted molar refractivity (Wildman–Crippen MR) is 149 cm³/mol. The summed E-state index contributed by atoms with van der Waals surface area (Å²) in [6.07, 6.45) is 1.45. The normalized spacial score (nSPS) is 11.0. The molecule has 0 unspecified atom stereocenters. The molecule has 196 valence electrons. The number of para-hydroxylation sites is 1. The average Bonchev–Trinajstić information content (AvgIpc) is 3.36. The van der Waals surface area contributed by atoms with E-state index in [4.69, 9.17) is 37.4 Å². The van der Waals surface area contributed by atoms with Crippen molar-refractivity contribution in [3.05, 3.63) is 76.3 Å². The number of hydrogen-bond donors (Lipinski definition) is 1. The number of thioether (sulfide) groups is 1. The number of carbonyl (C=O) groups is 1. The average molecular weight is 572 g/mol. The highest BCUT2D eigenvalue weighted by molar-refractivity contribution is 7.99. The first-order chi connectivity index (χ1) is 18.4. The van der Waals surface area contributed by atoms with Crippen LogP contribution in [0.1, 0.15) is 5.56 Å². The van der Waals surface area contributed by atoms with Crippen molar-refractivity contribution in [2.45, 2.75) is 5.16 Å². The molecule has 0 atom stereocenters. The number of amides is 1. The van der Waals surface area contributed by atoms with Gasteiger partial charge >= 0.3 is 0 Å². The second-order valence-corrected chi connectivity index (χ2v) is 9.42. The SMILES string of the molecule is COc1cc(-c2nnc(SCC(=O)NN=Cc3ccc(Cl)cc3Cl)n2-c2ccccc2)cc(OC)c1OC. The Bertz CT molecular complexity index is 1440. The number of methoxy groups -OCH3 is 3. The number of hydrazone groups is 1. The molecule has 4 aromatic rings. The van der Waals surface area contributed by atoms with E-state index >= 15 is 0 Å². The molecule has 3 aromatic carbocycles. The first-order valence-electron chi connectivity index (χ1n) is 11.2. The number of halogens is 2. The molecule has 0 aliphatic rings. The smallest absolute Gasteiger partial charge is 0.250 e. The van der Waals surface area contributed by atoms with Gasteiger partial charge in [-0.3, -0.25) is 9.36 Å². The Morgan fingerprint density at radius 2 is 1.71 bits per heavy atom. The lowest BCUT2D eigenvalue weighted by Gasteiger charge is -2.15. The number of ether oxygens (including phenoxy) is 3. The Labute approximate surface area is 233 Å². The molecule has 1 heterocycles. The molecule has 0 bridgehead atoms. The maximum Gasteiger partial charge on any atom is 0.250 e. The lowest BCUT2D eigenvalue weighted by molar-refractivity contribution is -0.118. The van der Waals surface area contributed by atoms with Crippen LogP contribution in [0.4, 0.5) is 0 Å². The van der Waals surface area contributed by atoms with Gasteiger partial charge in [-0.15, -0.1) is 10.2 Å². The van der Waals surface area contributed by atoms with Crippen molar-refractivity contribution in [2.75, 3.05) is 27.1 Å². The summed E-state index contributed by atoms with van der Waals surface area (Å²) in [5, 5.41) is 14.2. The van der Waals surface area contributed by atoms with Gasteiger partial charge in [-0.05, 0) is 36.4 Å². The molecular weight excluding hydrogens is 549 g/mol. The molecule has 0 fully saturated rings. The molecule has 38 heavy (non-hydrogen) atoms. The summed E-state index contributed by atoms with van der Waals surface area (Å²) in [4.78, 5) is 12.5. The summed E-state index contributed by atoms with van der Waals surface area (Å²) in [7, 11) is 4.64. The molecule has 0 radical (unpaired) electrons. The van der Waals surface area contributed by atoms with Crippen LogP contribution < -0.4 is 19.6 Å². The van der Waals surface area contributed by atoms with Gasteiger partial charge in [0.1, 0.15) is 0 Å². The minimum absolute atomic E-state index is 0.0475. The predicted octanol–water partition coefficient (Wildman–Crippen LogP) is 5.51. The Balaban J connectivity index is 1.59. The summed E-state index contributed by atoms with van der Waals surface area (Å²) in [6, 6.07) is 18.2. The van der Waals surface area contributed by atoms with Gasteiger partial charge in [0.05, 0.1) is 38.3 Å². The quantitative estimate of drug-likeness (QED) is 0.152. The van der Waals surface area contributed by atoms with Crippen molar-refractivity contribution in [1.82, 2.24) is 20.2 Å². The van der Waals surface area contributed by atoms with Crippen LogP contribution in [0.5, 0.6) is 17.2 Å². The second-order valence-electron chi connectivity index (χ2n) is 7.64. The Morgan fingerprint density at radius 3 is 2.34 bits per heavy atom. The Morgan fingerprint density at radius 1 is 1.00 bits per heavy atom. The number of nitrogens with zero attached hydrogens (tertiary/aromatic N) is 4. The molecule has 0 aliphatic heterocycles. The van der Waals surface area contributed by atoms with E-state index in [0.29, 0.717) is 49.4 Å². The van der Waals surface area contributed by atoms with Gasteiger partial charge in [0.2, 0.25) is 5.75 Å². The van der Waals surface area contributed by atoms with Crippen molar-refractivity contribution >= 4 is 47.1 Å². The van der Waals surface area contributed by atoms with Crippen LogP contribution in [0.3, 0.4) is 0 Å². The maximum absolute atomic E-state index is 12.5. The number of carbonyl (C=O) groups excluding carboxylic acids is 1. The van der Waals surface area contributed by atoms with Crippen molar-refractivity contribution in [3.63, 3.8) is 0 Å². The standard InChI is InChI=1S/C26H23Cl2N5O4S/c1-35-21-11-17(12-22(36-2)24(21)37-3)25-31-32-26(33(25)19-7-5-4-6-8-19)38-15-23(34)30-29-14-16-9-10-18(27)13-20(16)28/h4-14H,15H2,1-3H3,(H,30,34). The van der Waals surface area contributed by atoms with Crippen LogP contribution >= 0.6 is 35.0 Å². The van der Waals surface area contributed by atoms with E-state index in [1.54, 1.807) is 51.7 Å². The van der Waals surface area contributed by atoms with E-state index in [2.05, 4.69) is 20.7 Å². The van der Waals surface area contributed by atoms with Crippen molar-refractivity contribution in [2.24, 2.45) is 5.10 Å². The highest BCUT2D eigenvalue weighted by Crippen LogP contribution is 2.41. The summed E-state index contributed by atoms with van der Waals surface area (Å²) in [6.45, 7) is 0. The van der Waals surface area contributed by atoms with E-state index < -0.39 is 0 Å². The van der Waals surface area contributed by atoms with Gasteiger partial charge in [-0.25, -0.2) is 5.43 Å². The van der Waals surface area contributed by atoms with Gasteiger partial charge in [0, 0.05) is 21.8 Å². The monoisotopic (exact) mass is 571 g/mol. The van der Waals surface area contributed by atoms with Crippen LogP contribution in [0.25, 0.3) is 17.1 Å². The van der Waals surface area contributed by atoms with Crippen LogP contribution in [0.15, 0.2) is 70.9 Å². The van der Waals surface area contributed by atoms with Crippen LogP contribution in [-0.4, -0.2) is 54.0 Å². The summed E-state index contributed by atoms with van der Waals surface area (Å²) in [5.74, 6) is 1.69. The lowest BCUT2D eigenvalue weighted by Crippen LogP contribution is -2.20. The molecule has 0 spiro atoms. The fourth-order valence-electron chi connectivity index (χ4n) is 3.51. The zero-order valence-electron chi connectivity index (χ0n) is 20.6. The third-order valence-corrected chi connectivity index (χ3v) is 6.75. The van der Waals surface area contributed by atoms with Gasteiger partial charge in [-0.1, -0.05) is 59.2 Å². The van der Waals surface area contributed by atoms with Crippen molar-refractivity contribution in [1.29, 1.82) is 0 Å². The number of benzene rings is 3. The van der Waals surface area contributed by atoms with Crippen molar-refractivity contribution < 1.29 is 19.0 Å². The Hall–Kier alpha value is -3.73. The molecule has 9 nitrogen and oxygen atoms in total.